The monoisotopic (exact) mass is 839 g/mol. The predicted octanol–water partition coefficient (Wildman–Crippen LogP) is 11.5. The van der Waals surface area contributed by atoms with Crippen molar-refractivity contribution in [2.75, 3.05) is 0 Å². The average Bonchev–Trinajstić information content (AvgIpc) is 3.57. The summed E-state index contributed by atoms with van der Waals surface area (Å²) >= 11 is 0. The molecule has 5 nitrogen and oxygen atoms in total. The Morgan fingerprint density at radius 1 is 0.740 bits per heavy atom. The van der Waals surface area contributed by atoms with Crippen molar-refractivity contribution in [3.05, 3.63) is 130 Å². The van der Waals surface area contributed by atoms with Gasteiger partial charge in [-0.15, -0.1) is 41.3 Å². The molecule has 0 unspecified atom stereocenters. The van der Waals surface area contributed by atoms with Crippen LogP contribution < -0.4 is 4.74 Å². The molecule has 6 heteroatoms. The second-order valence-electron chi connectivity index (χ2n) is 13.9. The number of hydrogen-bond donors (Lipinski definition) is 0. The van der Waals surface area contributed by atoms with Crippen molar-refractivity contribution in [3.8, 4) is 34.1 Å². The summed E-state index contributed by atoms with van der Waals surface area (Å²) in [6, 6.07) is 32.9. The normalized spacial score (nSPS) is 11.6. The molecule has 0 spiro atoms. The molecule has 7 rings (SSSR count). The first kappa shape index (κ1) is 35.4. The molecule has 0 saturated heterocycles. The summed E-state index contributed by atoms with van der Waals surface area (Å²) in [7, 11) is 0. The van der Waals surface area contributed by atoms with E-state index in [0.717, 1.165) is 56.7 Å². The zero-order valence-electron chi connectivity index (χ0n) is 30.4. The Bertz CT molecular complexity index is 2340. The molecule has 0 N–H and O–H groups in total. The van der Waals surface area contributed by atoms with Crippen LogP contribution in [0, 0.1) is 39.8 Å². The summed E-state index contributed by atoms with van der Waals surface area (Å²) in [6.07, 6.45) is 2.83. The maximum Gasteiger partial charge on any atom is 2.00 e. The number of aryl methyl sites for hydroxylation is 4. The molecule has 50 heavy (non-hydrogen) atoms. The number of pyridine rings is 1. The molecule has 0 amide bonds. The molecule has 0 fully saturated rings. The van der Waals surface area contributed by atoms with Gasteiger partial charge in [0.1, 0.15) is 5.82 Å². The third-order valence-corrected chi connectivity index (χ3v) is 9.73. The fourth-order valence-corrected chi connectivity index (χ4v) is 7.11. The number of benzene rings is 4. The van der Waals surface area contributed by atoms with Crippen molar-refractivity contribution in [2.24, 2.45) is 0 Å². The molecular weight excluding hydrogens is 796 g/mol. The molecule has 3 aromatic heterocycles. The zero-order valence-corrected chi connectivity index (χ0v) is 32.7. The molecular formula is C44H44N4OPt. The van der Waals surface area contributed by atoms with Crippen LogP contribution in [0.4, 0.5) is 0 Å². The van der Waals surface area contributed by atoms with Crippen LogP contribution in [0.5, 0.6) is 11.5 Å². The van der Waals surface area contributed by atoms with Gasteiger partial charge >= 0.3 is 21.1 Å². The van der Waals surface area contributed by atoms with Crippen molar-refractivity contribution in [1.82, 2.24) is 19.3 Å². The van der Waals surface area contributed by atoms with Gasteiger partial charge in [0.15, 0.2) is 0 Å². The minimum atomic E-state index is 0. The maximum atomic E-state index is 6.62. The standard InChI is InChI=1S/C44H44N4O.Pt/c1-10-32-17-18-45-42(21-32)47-40-14-12-11-13-38(40)39-16-15-36(25-41(39)47)49-37-23-34(27(4)5)22-35(24-37)48-31(9)44(30(8)46-48)43-28(6)19-33(26(2)3)20-29(43)7;/h11-23,26-27H,10H2,1-9H3;/q-2;+2. The minimum Gasteiger partial charge on any atom is -0.509 e. The number of fused-ring (bicyclic) bond motifs is 3. The third-order valence-electron chi connectivity index (χ3n) is 9.73. The summed E-state index contributed by atoms with van der Waals surface area (Å²) < 4.78 is 10.8. The summed E-state index contributed by atoms with van der Waals surface area (Å²) in [6.45, 7) is 19.7. The molecule has 0 bridgehead atoms. The largest absolute Gasteiger partial charge is 2.00 e. The Labute approximate surface area is 310 Å². The average molecular weight is 840 g/mol. The van der Waals surface area contributed by atoms with Crippen LogP contribution in [0.2, 0.25) is 0 Å². The third kappa shape index (κ3) is 6.33. The van der Waals surface area contributed by atoms with E-state index in [-0.39, 0.29) is 27.0 Å². The van der Waals surface area contributed by atoms with Gasteiger partial charge in [-0.1, -0.05) is 70.5 Å². The van der Waals surface area contributed by atoms with Crippen molar-refractivity contribution >= 4 is 21.8 Å². The molecule has 7 aromatic rings. The van der Waals surface area contributed by atoms with Crippen LogP contribution in [0.3, 0.4) is 0 Å². The van der Waals surface area contributed by atoms with E-state index in [9.17, 15) is 0 Å². The van der Waals surface area contributed by atoms with Gasteiger partial charge < -0.3 is 9.30 Å². The number of nitrogens with zero attached hydrogens (tertiary/aromatic N) is 4. The van der Waals surface area contributed by atoms with Gasteiger partial charge in [0, 0.05) is 34.5 Å². The Morgan fingerprint density at radius 3 is 2.14 bits per heavy atom. The molecule has 0 aliphatic carbocycles. The molecule has 0 atom stereocenters. The van der Waals surface area contributed by atoms with Gasteiger partial charge in [0.05, 0.1) is 5.69 Å². The van der Waals surface area contributed by atoms with E-state index in [1.165, 1.54) is 33.4 Å². The quantitative estimate of drug-likeness (QED) is 0.143. The van der Waals surface area contributed by atoms with Crippen LogP contribution >= 0.6 is 0 Å². The van der Waals surface area contributed by atoms with E-state index in [1.54, 1.807) is 0 Å². The molecule has 256 valence electrons. The number of rotatable bonds is 8. The second kappa shape index (κ2) is 14.0. The van der Waals surface area contributed by atoms with Crippen LogP contribution in [-0.2, 0) is 27.5 Å². The Kier molecular flexibility index (Phi) is 9.93. The van der Waals surface area contributed by atoms with Crippen molar-refractivity contribution in [3.63, 3.8) is 0 Å². The van der Waals surface area contributed by atoms with E-state index in [1.807, 2.05) is 16.9 Å². The molecule has 3 heterocycles. The number of ether oxygens (including phenoxy) is 1. The molecule has 0 radical (unpaired) electrons. The van der Waals surface area contributed by atoms with Gasteiger partial charge in [-0.2, -0.15) is 11.2 Å². The fourth-order valence-electron chi connectivity index (χ4n) is 7.11. The first-order chi connectivity index (χ1) is 23.5. The van der Waals surface area contributed by atoms with Crippen molar-refractivity contribution in [1.29, 1.82) is 0 Å². The van der Waals surface area contributed by atoms with E-state index in [4.69, 9.17) is 14.8 Å². The van der Waals surface area contributed by atoms with Crippen LogP contribution in [0.25, 0.3) is 44.4 Å². The minimum absolute atomic E-state index is 0. The van der Waals surface area contributed by atoms with Gasteiger partial charge in [-0.05, 0) is 103 Å². The number of para-hydroxylation sites is 1. The van der Waals surface area contributed by atoms with Crippen LogP contribution in [-0.4, -0.2) is 19.3 Å². The van der Waals surface area contributed by atoms with Crippen molar-refractivity contribution < 1.29 is 25.8 Å². The smallest absolute Gasteiger partial charge is 0.509 e. The van der Waals surface area contributed by atoms with E-state index >= 15 is 0 Å². The summed E-state index contributed by atoms with van der Waals surface area (Å²) in [4.78, 5) is 4.77. The van der Waals surface area contributed by atoms with E-state index in [0.29, 0.717) is 17.4 Å². The molecule has 0 aliphatic rings. The van der Waals surface area contributed by atoms with Crippen molar-refractivity contribution in [2.45, 2.75) is 80.6 Å². The second-order valence-corrected chi connectivity index (χ2v) is 13.9. The topological polar surface area (TPSA) is 44.9 Å². The Balaban J connectivity index is 0.00000432. The van der Waals surface area contributed by atoms with Gasteiger partial charge in [0.25, 0.3) is 0 Å². The maximum absolute atomic E-state index is 6.62. The number of aromatic nitrogens is 4. The summed E-state index contributed by atoms with van der Waals surface area (Å²) in [5.74, 6) is 2.89. The first-order valence-electron chi connectivity index (χ1n) is 17.4. The zero-order chi connectivity index (χ0) is 34.6. The Hall–Kier alpha value is -4.47. The van der Waals surface area contributed by atoms with Crippen LogP contribution in [0.15, 0.2) is 79.0 Å². The van der Waals surface area contributed by atoms with E-state index < -0.39 is 0 Å². The predicted molar refractivity (Wildman–Crippen MR) is 202 cm³/mol. The number of hydrogen-bond acceptors (Lipinski definition) is 3. The molecule has 0 aliphatic heterocycles. The SMILES string of the molecule is CCc1ccnc(-n2c3[c-]c(Oc4[c-]c(-n5nc(C)c(-c6c(C)cc(C(C)C)cc6C)c5C)cc(C(C)C)c4)ccc3c3ccccc32)c1.[Pt+2]. The molecule has 4 aromatic carbocycles. The molecule has 0 saturated carbocycles. The van der Waals surface area contributed by atoms with Gasteiger partial charge in [-0.3, -0.25) is 4.68 Å². The first-order valence-corrected chi connectivity index (χ1v) is 17.4. The van der Waals surface area contributed by atoms with Crippen LogP contribution in [0.1, 0.15) is 85.7 Å². The Morgan fingerprint density at radius 2 is 1.44 bits per heavy atom. The van der Waals surface area contributed by atoms with Gasteiger partial charge in [0.2, 0.25) is 0 Å². The fraction of sp³-hybridized carbons (Fsp3) is 0.273. The van der Waals surface area contributed by atoms with Gasteiger partial charge in [-0.25, -0.2) is 4.98 Å². The van der Waals surface area contributed by atoms with E-state index in [2.05, 4.69) is 146 Å². The summed E-state index contributed by atoms with van der Waals surface area (Å²) in [5, 5.41) is 7.34. The summed E-state index contributed by atoms with van der Waals surface area (Å²) in [5.41, 5.74) is 13.7.